The Morgan fingerprint density at radius 2 is 2.00 bits per heavy atom. The van der Waals surface area contributed by atoms with Crippen molar-refractivity contribution in [3.05, 3.63) is 0 Å². The van der Waals surface area contributed by atoms with E-state index in [1.165, 1.54) is 25.8 Å². The van der Waals surface area contributed by atoms with Crippen LogP contribution in [0.4, 0.5) is 0 Å². The normalized spacial score (nSPS) is 33.0. The van der Waals surface area contributed by atoms with Crippen LogP contribution < -0.4 is 5.32 Å². The SMILES string of the molecule is CCC(C)C1NC(C(C)C)N(CC2CCCCN2C)C1=O. The Hall–Kier alpha value is -0.610. The number of hydrogen-bond acceptors (Lipinski definition) is 3. The zero-order chi connectivity index (χ0) is 15.6. The third-order valence-corrected chi connectivity index (χ3v) is 5.41. The first-order valence-corrected chi connectivity index (χ1v) is 8.72. The molecule has 1 N–H and O–H groups in total. The second-order valence-corrected chi connectivity index (χ2v) is 7.34. The van der Waals surface area contributed by atoms with Gasteiger partial charge in [0.25, 0.3) is 0 Å². The highest BCUT2D eigenvalue weighted by Gasteiger charge is 2.43. The maximum Gasteiger partial charge on any atom is 0.241 e. The first-order valence-electron chi connectivity index (χ1n) is 8.72. The molecule has 0 aliphatic carbocycles. The lowest BCUT2D eigenvalue weighted by molar-refractivity contribution is -0.132. The minimum absolute atomic E-state index is 0.0105. The van der Waals surface area contributed by atoms with Crippen molar-refractivity contribution in [1.29, 1.82) is 0 Å². The lowest BCUT2D eigenvalue weighted by atomic mass is 9.99. The van der Waals surface area contributed by atoms with Crippen LogP contribution >= 0.6 is 0 Å². The van der Waals surface area contributed by atoms with Crippen LogP contribution in [-0.4, -0.2) is 54.1 Å². The largest absolute Gasteiger partial charge is 0.324 e. The first kappa shape index (κ1) is 16.8. The van der Waals surface area contributed by atoms with E-state index in [2.05, 4.69) is 49.9 Å². The van der Waals surface area contributed by atoms with Gasteiger partial charge in [0.05, 0.1) is 12.2 Å². The molecule has 0 aromatic carbocycles. The van der Waals surface area contributed by atoms with Crippen molar-refractivity contribution in [2.75, 3.05) is 20.1 Å². The molecule has 2 aliphatic heterocycles. The number of amides is 1. The summed E-state index contributed by atoms with van der Waals surface area (Å²) in [4.78, 5) is 17.4. The van der Waals surface area contributed by atoms with Gasteiger partial charge in [-0.3, -0.25) is 10.1 Å². The van der Waals surface area contributed by atoms with E-state index in [1.807, 2.05) is 0 Å². The lowest BCUT2D eigenvalue weighted by Gasteiger charge is -2.37. The molecule has 2 aliphatic rings. The van der Waals surface area contributed by atoms with Crippen LogP contribution in [-0.2, 0) is 4.79 Å². The quantitative estimate of drug-likeness (QED) is 0.845. The van der Waals surface area contributed by atoms with Crippen molar-refractivity contribution in [2.45, 2.75) is 71.6 Å². The molecular formula is C17H33N3O. The summed E-state index contributed by atoms with van der Waals surface area (Å²) in [7, 11) is 2.20. The van der Waals surface area contributed by atoms with E-state index in [-0.39, 0.29) is 12.2 Å². The molecule has 2 saturated heterocycles. The van der Waals surface area contributed by atoms with Gasteiger partial charge in [0.1, 0.15) is 0 Å². The van der Waals surface area contributed by atoms with Crippen molar-refractivity contribution in [3.8, 4) is 0 Å². The molecule has 1 amide bonds. The number of hydrogen-bond donors (Lipinski definition) is 1. The number of nitrogens with one attached hydrogen (secondary N) is 1. The van der Waals surface area contributed by atoms with Gasteiger partial charge < -0.3 is 9.80 Å². The zero-order valence-electron chi connectivity index (χ0n) is 14.4. The van der Waals surface area contributed by atoms with Gasteiger partial charge in [-0.1, -0.05) is 40.5 Å². The van der Waals surface area contributed by atoms with Gasteiger partial charge in [-0.2, -0.15) is 0 Å². The Bertz CT molecular complexity index is 358. The first-order chi connectivity index (χ1) is 9.95. The smallest absolute Gasteiger partial charge is 0.241 e. The van der Waals surface area contributed by atoms with Gasteiger partial charge in [0.2, 0.25) is 5.91 Å². The molecule has 2 fully saturated rings. The Balaban J connectivity index is 2.08. The van der Waals surface area contributed by atoms with E-state index >= 15 is 0 Å². The van der Waals surface area contributed by atoms with Crippen LogP contribution in [0.15, 0.2) is 0 Å². The standard InChI is InChI=1S/C17H33N3O/c1-6-13(4)15-17(21)20(16(18-15)12(2)3)11-14-9-7-8-10-19(14)5/h12-16,18H,6-11H2,1-5H3. The topological polar surface area (TPSA) is 35.6 Å². The van der Waals surface area contributed by atoms with E-state index in [0.29, 0.717) is 23.8 Å². The molecule has 0 aromatic heterocycles. The number of likely N-dealkylation sites (N-methyl/N-ethyl adjacent to an activating group) is 1. The van der Waals surface area contributed by atoms with Crippen LogP contribution in [0.25, 0.3) is 0 Å². The zero-order valence-corrected chi connectivity index (χ0v) is 14.4. The fraction of sp³-hybridized carbons (Fsp3) is 0.941. The fourth-order valence-electron chi connectivity index (χ4n) is 3.66. The van der Waals surface area contributed by atoms with Crippen molar-refractivity contribution >= 4 is 5.91 Å². The molecule has 0 radical (unpaired) electrons. The predicted molar refractivity (Wildman–Crippen MR) is 87.0 cm³/mol. The van der Waals surface area contributed by atoms with Gasteiger partial charge in [0.15, 0.2) is 0 Å². The molecule has 4 atom stereocenters. The van der Waals surface area contributed by atoms with Crippen molar-refractivity contribution < 1.29 is 4.79 Å². The highest BCUT2D eigenvalue weighted by Crippen LogP contribution is 2.25. The minimum Gasteiger partial charge on any atom is -0.324 e. The second kappa shape index (κ2) is 7.10. The second-order valence-electron chi connectivity index (χ2n) is 7.34. The molecular weight excluding hydrogens is 262 g/mol. The van der Waals surface area contributed by atoms with Crippen LogP contribution in [0.2, 0.25) is 0 Å². The van der Waals surface area contributed by atoms with Crippen molar-refractivity contribution in [3.63, 3.8) is 0 Å². The average molecular weight is 295 g/mol. The molecule has 0 spiro atoms. The Kier molecular flexibility index (Phi) is 5.67. The van der Waals surface area contributed by atoms with E-state index in [9.17, 15) is 4.79 Å². The molecule has 0 bridgehead atoms. The van der Waals surface area contributed by atoms with Gasteiger partial charge in [0, 0.05) is 12.6 Å². The lowest BCUT2D eigenvalue weighted by Crippen LogP contribution is -2.50. The summed E-state index contributed by atoms with van der Waals surface area (Å²) < 4.78 is 0. The van der Waals surface area contributed by atoms with Crippen LogP contribution in [0.1, 0.15) is 53.4 Å². The molecule has 2 heterocycles. The molecule has 4 unspecified atom stereocenters. The summed E-state index contributed by atoms with van der Waals surface area (Å²) in [5, 5.41) is 3.60. The van der Waals surface area contributed by atoms with E-state index in [1.54, 1.807) is 0 Å². The number of piperidine rings is 1. The van der Waals surface area contributed by atoms with Gasteiger partial charge in [-0.05, 0) is 38.3 Å². The monoisotopic (exact) mass is 295 g/mol. The van der Waals surface area contributed by atoms with Gasteiger partial charge in [-0.15, -0.1) is 0 Å². The summed E-state index contributed by atoms with van der Waals surface area (Å²) in [6.07, 6.45) is 5.06. The van der Waals surface area contributed by atoms with Crippen LogP contribution in [0.5, 0.6) is 0 Å². The van der Waals surface area contributed by atoms with E-state index < -0.39 is 0 Å². The molecule has 0 saturated carbocycles. The number of carbonyl (C=O) groups excluding carboxylic acids is 1. The van der Waals surface area contributed by atoms with Gasteiger partial charge >= 0.3 is 0 Å². The molecule has 122 valence electrons. The molecule has 0 aromatic rings. The molecule has 4 nitrogen and oxygen atoms in total. The van der Waals surface area contributed by atoms with Crippen LogP contribution in [0.3, 0.4) is 0 Å². The van der Waals surface area contributed by atoms with E-state index in [0.717, 1.165) is 13.0 Å². The minimum atomic E-state index is 0.0105. The third-order valence-electron chi connectivity index (χ3n) is 5.41. The fourth-order valence-corrected chi connectivity index (χ4v) is 3.66. The predicted octanol–water partition coefficient (Wildman–Crippen LogP) is 2.30. The Labute approximate surface area is 130 Å². The Morgan fingerprint density at radius 3 is 2.57 bits per heavy atom. The number of rotatable bonds is 5. The van der Waals surface area contributed by atoms with Gasteiger partial charge in [-0.25, -0.2) is 0 Å². The number of carbonyl (C=O) groups is 1. The van der Waals surface area contributed by atoms with E-state index in [4.69, 9.17) is 0 Å². The Morgan fingerprint density at radius 1 is 1.29 bits per heavy atom. The summed E-state index contributed by atoms with van der Waals surface area (Å²) in [5.41, 5.74) is 0. The highest BCUT2D eigenvalue weighted by molar-refractivity contribution is 5.84. The van der Waals surface area contributed by atoms with Crippen molar-refractivity contribution in [1.82, 2.24) is 15.1 Å². The summed E-state index contributed by atoms with van der Waals surface area (Å²) in [5.74, 6) is 1.19. The molecule has 21 heavy (non-hydrogen) atoms. The summed E-state index contributed by atoms with van der Waals surface area (Å²) >= 11 is 0. The summed E-state index contributed by atoms with van der Waals surface area (Å²) in [6, 6.07) is 0.540. The maximum atomic E-state index is 12.8. The number of likely N-dealkylation sites (tertiary alicyclic amines) is 1. The molecule has 4 heteroatoms. The molecule has 2 rings (SSSR count). The maximum absolute atomic E-state index is 12.8. The van der Waals surface area contributed by atoms with Crippen molar-refractivity contribution in [2.24, 2.45) is 11.8 Å². The third kappa shape index (κ3) is 3.59. The summed E-state index contributed by atoms with van der Waals surface area (Å²) in [6.45, 7) is 10.8. The highest BCUT2D eigenvalue weighted by atomic mass is 16.2. The number of nitrogens with zero attached hydrogens (tertiary/aromatic N) is 2. The van der Waals surface area contributed by atoms with Crippen LogP contribution in [0, 0.1) is 11.8 Å². The average Bonchev–Trinajstić information content (AvgIpc) is 2.78.